The first-order valence-corrected chi connectivity index (χ1v) is 10.5. The molecule has 7 heteroatoms. The van der Waals surface area contributed by atoms with E-state index >= 15 is 0 Å². The number of rotatable bonds is 6. The maximum Gasteiger partial charge on any atom is 0.261 e. The van der Waals surface area contributed by atoms with Crippen LogP contribution in [0.1, 0.15) is 22.6 Å². The number of anilines is 2. The molecule has 0 bridgehead atoms. The lowest BCUT2D eigenvalue weighted by Gasteiger charge is -2.11. The molecule has 0 spiro atoms. The molecule has 2 aromatic carbocycles. The van der Waals surface area contributed by atoms with Crippen LogP contribution in [0.15, 0.2) is 70.0 Å². The van der Waals surface area contributed by atoms with E-state index < -0.39 is 10.0 Å². The van der Waals surface area contributed by atoms with E-state index in [0.717, 1.165) is 16.9 Å². The number of nitrogens with one attached hydrogen (secondary N) is 2. The third-order valence-corrected chi connectivity index (χ3v) is 5.60. The van der Waals surface area contributed by atoms with Gasteiger partial charge in [0.1, 0.15) is 11.5 Å². The fourth-order valence-corrected chi connectivity index (χ4v) is 3.86. The number of carbonyl (C=O) groups is 1. The predicted octanol–water partition coefficient (Wildman–Crippen LogP) is 4.66. The van der Waals surface area contributed by atoms with E-state index in [1.165, 1.54) is 18.2 Å². The zero-order valence-electron chi connectivity index (χ0n) is 16.4. The number of hydrogen-bond acceptors (Lipinski definition) is 4. The molecule has 0 fully saturated rings. The molecule has 1 aromatic heterocycles. The number of sulfonamides is 1. The van der Waals surface area contributed by atoms with Crippen molar-refractivity contribution >= 4 is 33.4 Å². The minimum atomic E-state index is -3.73. The van der Waals surface area contributed by atoms with Gasteiger partial charge in [-0.2, -0.15) is 0 Å². The van der Waals surface area contributed by atoms with E-state index in [9.17, 15) is 13.2 Å². The van der Waals surface area contributed by atoms with Gasteiger partial charge in [0.05, 0.1) is 10.6 Å². The van der Waals surface area contributed by atoms with Gasteiger partial charge in [0.25, 0.3) is 10.0 Å². The van der Waals surface area contributed by atoms with Crippen LogP contribution in [0.25, 0.3) is 6.08 Å². The van der Waals surface area contributed by atoms with Crippen molar-refractivity contribution < 1.29 is 17.6 Å². The molecule has 29 heavy (non-hydrogen) atoms. The molecule has 1 amide bonds. The number of amides is 1. The van der Waals surface area contributed by atoms with Crippen molar-refractivity contribution in [2.75, 3.05) is 10.0 Å². The van der Waals surface area contributed by atoms with Crippen LogP contribution in [0.3, 0.4) is 0 Å². The van der Waals surface area contributed by atoms with Crippen molar-refractivity contribution in [2.24, 2.45) is 0 Å². The predicted molar refractivity (Wildman–Crippen MR) is 114 cm³/mol. The summed E-state index contributed by atoms with van der Waals surface area (Å²) in [6.45, 7) is 5.62. The Morgan fingerprint density at radius 3 is 2.31 bits per heavy atom. The Bertz CT molecular complexity index is 1160. The van der Waals surface area contributed by atoms with Crippen LogP contribution in [-0.4, -0.2) is 14.3 Å². The van der Waals surface area contributed by atoms with Crippen LogP contribution in [0.2, 0.25) is 0 Å². The van der Waals surface area contributed by atoms with E-state index in [4.69, 9.17) is 4.42 Å². The second-order valence-electron chi connectivity index (χ2n) is 6.72. The number of hydrogen-bond donors (Lipinski definition) is 2. The molecular formula is C22H22N2O4S. The van der Waals surface area contributed by atoms with Crippen LogP contribution in [-0.2, 0) is 14.8 Å². The first kappa shape index (κ1) is 20.4. The molecule has 6 nitrogen and oxygen atoms in total. The average molecular weight is 410 g/mol. The minimum Gasteiger partial charge on any atom is -0.462 e. The van der Waals surface area contributed by atoms with Gasteiger partial charge < -0.3 is 9.73 Å². The SMILES string of the molecule is Cc1ccc(NS(=O)(=O)c2ccc(NC(=O)C=Cc3ccc(C)o3)cc2)c(C)c1. The third-order valence-electron chi connectivity index (χ3n) is 4.22. The van der Waals surface area contributed by atoms with Gasteiger partial charge in [0, 0.05) is 11.8 Å². The summed E-state index contributed by atoms with van der Waals surface area (Å²) in [7, 11) is -3.73. The molecule has 0 unspecified atom stereocenters. The zero-order chi connectivity index (χ0) is 21.0. The van der Waals surface area contributed by atoms with E-state index in [-0.39, 0.29) is 10.8 Å². The van der Waals surface area contributed by atoms with Gasteiger partial charge >= 0.3 is 0 Å². The Morgan fingerprint density at radius 2 is 1.69 bits per heavy atom. The Hall–Kier alpha value is -3.32. The topological polar surface area (TPSA) is 88.4 Å². The lowest BCUT2D eigenvalue weighted by molar-refractivity contribution is -0.111. The lowest BCUT2D eigenvalue weighted by Crippen LogP contribution is -2.14. The molecule has 0 aliphatic heterocycles. The molecule has 2 N–H and O–H groups in total. The van der Waals surface area contributed by atoms with Crippen LogP contribution < -0.4 is 10.0 Å². The third kappa shape index (κ3) is 5.36. The van der Waals surface area contributed by atoms with Gasteiger partial charge in [-0.25, -0.2) is 8.42 Å². The first-order valence-electron chi connectivity index (χ1n) is 8.98. The van der Waals surface area contributed by atoms with Crippen molar-refractivity contribution in [3.8, 4) is 0 Å². The van der Waals surface area contributed by atoms with Crippen molar-refractivity contribution in [1.29, 1.82) is 0 Å². The first-order chi connectivity index (χ1) is 13.7. The van der Waals surface area contributed by atoms with Gasteiger partial charge in [-0.3, -0.25) is 9.52 Å². The molecule has 0 aliphatic carbocycles. The van der Waals surface area contributed by atoms with Crippen molar-refractivity contribution in [2.45, 2.75) is 25.7 Å². The highest BCUT2D eigenvalue weighted by Gasteiger charge is 2.15. The Labute approximate surface area is 170 Å². The number of benzene rings is 2. The smallest absolute Gasteiger partial charge is 0.261 e. The zero-order valence-corrected chi connectivity index (χ0v) is 17.2. The molecule has 0 aliphatic rings. The highest BCUT2D eigenvalue weighted by Crippen LogP contribution is 2.22. The van der Waals surface area contributed by atoms with Gasteiger partial charge in [-0.15, -0.1) is 0 Å². The maximum atomic E-state index is 12.6. The Morgan fingerprint density at radius 1 is 0.966 bits per heavy atom. The standard InChI is InChI=1S/C22H22N2O4S/c1-15-4-12-21(16(2)14-15)24-29(26,27)20-10-6-18(7-11-20)23-22(25)13-9-19-8-5-17(3)28-19/h4-14,24H,1-3H3,(H,23,25). The lowest BCUT2D eigenvalue weighted by atomic mass is 10.1. The second-order valence-corrected chi connectivity index (χ2v) is 8.40. The van der Waals surface area contributed by atoms with Crippen LogP contribution in [0.5, 0.6) is 0 Å². The summed E-state index contributed by atoms with van der Waals surface area (Å²) in [5.74, 6) is 0.996. The molecule has 0 saturated heterocycles. The van der Waals surface area contributed by atoms with Gasteiger partial charge in [-0.1, -0.05) is 17.7 Å². The summed E-state index contributed by atoms with van der Waals surface area (Å²) in [6, 6.07) is 15.0. The van der Waals surface area contributed by atoms with Crippen molar-refractivity contribution in [1.82, 2.24) is 0 Å². The monoisotopic (exact) mass is 410 g/mol. The normalized spacial score (nSPS) is 11.6. The largest absolute Gasteiger partial charge is 0.462 e. The van der Waals surface area contributed by atoms with Crippen LogP contribution in [0, 0.1) is 20.8 Å². The molecule has 3 aromatic rings. The fraction of sp³-hybridized carbons (Fsp3) is 0.136. The van der Waals surface area contributed by atoms with Crippen LogP contribution >= 0.6 is 0 Å². The maximum absolute atomic E-state index is 12.6. The quantitative estimate of drug-likeness (QED) is 0.579. The number of furan rings is 1. The summed E-state index contributed by atoms with van der Waals surface area (Å²) in [5, 5.41) is 2.68. The van der Waals surface area contributed by atoms with Crippen LogP contribution in [0.4, 0.5) is 11.4 Å². The Balaban J connectivity index is 1.67. The highest BCUT2D eigenvalue weighted by atomic mass is 32.2. The summed E-state index contributed by atoms with van der Waals surface area (Å²) >= 11 is 0. The number of carbonyl (C=O) groups excluding carboxylic acids is 1. The molecular weight excluding hydrogens is 388 g/mol. The number of aryl methyl sites for hydroxylation is 3. The molecule has 150 valence electrons. The highest BCUT2D eigenvalue weighted by molar-refractivity contribution is 7.92. The summed E-state index contributed by atoms with van der Waals surface area (Å²) in [5.41, 5.74) is 2.92. The Kier molecular flexibility index (Phi) is 5.89. The van der Waals surface area contributed by atoms with Gasteiger partial charge in [0.2, 0.25) is 5.91 Å². The van der Waals surface area contributed by atoms with Crippen molar-refractivity contribution in [3.63, 3.8) is 0 Å². The molecule has 1 heterocycles. The van der Waals surface area contributed by atoms with E-state index in [2.05, 4.69) is 10.0 Å². The second kappa shape index (κ2) is 8.36. The summed E-state index contributed by atoms with van der Waals surface area (Å²) in [4.78, 5) is 12.1. The molecule has 0 atom stereocenters. The summed E-state index contributed by atoms with van der Waals surface area (Å²) < 4.78 is 33.2. The van der Waals surface area contributed by atoms with E-state index in [0.29, 0.717) is 17.1 Å². The minimum absolute atomic E-state index is 0.108. The fourth-order valence-electron chi connectivity index (χ4n) is 2.73. The van der Waals surface area contributed by atoms with E-state index in [1.807, 2.05) is 39.0 Å². The molecule has 0 saturated carbocycles. The summed E-state index contributed by atoms with van der Waals surface area (Å²) in [6.07, 6.45) is 2.92. The molecule has 3 rings (SSSR count). The van der Waals surface area contributed by atoms with Crippen molar-refractivity contribution in [3.05, 3.63) is 83.3 Å². The molecule has 0 radical (unpaired) electrons. The van der Waals surface area contributed by atoms with Gasteiger partial charge in [-0.05, 0) is 74.9 Å². The van der Waals surface area contributed by atoms with Gasteiger partial charge in [0.15, 0.2) is 0 Å². The van der Waals surface area contributed by atoms with E-state index in [1.54, 1.807) is 30.3 Å². The average Bonchev–Trinajstić information content (AvgIpc) is 3.08.